The number of esters is 2. The number of allylic oxidation sites excluding steroid dienone is 1. The fourth-order valence-corrected chi connectivity index (χ4v) is 7.15. The molecule has 2 N–H and O–H groups in total. The van der Waals surface area contributed by atoms with Crippen molar-refractivity contribution in [3.05, 3.63) is 12.2 Å². The summed E-state index contributed by atoms with van der Waals surface area (Å²) in [4.78, 5) is 42.9. The Morgan fingerprint density at radius 2 is 1.04 bits per heavy atom. The van der Waals surface area contributed by atoms with E-state index in [0.717, 1.165) is 64.2 Å². The van der Waals surface area contributed by atoms with Crippen molar-refractivity contribution in [3.8, 4) is 0 Å². The Morgan fingerprint density at radius 3 is 1.55 bits per heavy atom. The number of carbonyl (C=O) groups excluding carboxylic acids is 2. The van der Waals surface area contributed by atoms with E-state index < -0.39 is 32.5 Å². The van der Waals surface area contributed by atoms with Crippen LogP contribution in [0.2, 0.25) is 0 Å². The third-order valence-electron chi connectivity index (χ3n) is 10.2. The minimum atomic E-state index is -4.76. The maximum absolute atomic E-state index is 12.4. The number of unbranched alkanes of at least 4 members (excludes halogenated alkanes) is 25. The summed E-state index contributed by atoms with van der Waals surface area (Å²) >= 11 is 0. The van der Waals surface area contributed by atoms with Gasteiger partial charge in [0.2, 0.25) is 0 Å². The normalized spacial score (nSPS) is 16.3. The Balaban J connectivity index is 2.02. The van der Waals surface area contributed by atoms with Gasteiger partial charge in [-0.2, -0.15) is 0 Å². The average Bonchev–Trinajstić information content (AvgIpc) is 3.88. The zero-order chi connectivity index (χ0) is 38.7. The van der Waals surface area contributed by atoms with Crippen LogP contribution in [0.15, 0.2) is 12.2 Å². The first-order valence-corrected chi connectivity index (χ1v) is 23.6. The molecule has 2 unspecified atom stereocenters. The molecule has 0 radical (unpaired) electrons. The lowest BCUT2D eigenvalue weighted by Gasteiger charge is -2.18. The molecule has 0 amide bonds. The van der Waals surface area contributed by atoms with Gasteiger partial charge in [-0.25, -0.2) is 4.57 Å². The molecule has 1 aliphatic heterocycles. The molecule has 10 heteroatoms. The van der Waals surface area contributed by atoms with Crippen LogP contribution in [0.3, 0.4) is 0 Å². The number of ether oxygens (including phenoxy) is 3. The van der Waals surface area contributed by atoms with Crippen LogP contribution < -0.4 is 0 Å². The van der Waals surface area contributed by atoms with Crippen molar-refractivity contribution in [1.29, 1.82) is 0 Å². The minimum absolute atomic E-state index is 0.211. The molecule has 53 heavy (non-hydrogen) atoms. The van der Waals surface area contributed by atoms with Gasteiger partial charge in [0.1, 0.15) is 6.61 Å². The van der Waals surface area contributed by atoms with Crippen LogP contribution in [-0.2, 0) is 32.9 Å². The van der Waals surface area contributed by atoms with Gasteiger partial charge in [-0.3, -0.25) is 14.1 Å². The Hall–Kier alpha value is -1.25. The molecule has 1 fully saturated rings. The Morgan fingerprint density at radius 1 is 0.585 bits per heavy atom. The molecular formula is C43H81O9P. The molecule has 0 aromatic heterocycles. The van der Waals surface area contributed by atoms with Gasteiger partial charge < -0.3 is 24.0 Å². The van der Waals surface area contributed by atoms with E-state index in [1.165, 1.54) is 116 Å². The van der Waals surface area contributed by atoms with Crippen molar-refractivity contribution in [2.24, 2.45) is 0 Å². The fourth-order valence-electron chi connectivity index (χ4n) is 6.79. The van der Waals surface area contributed by atoms with Gasteiger partial charge in [0.25, 0.3) is 0 Å². The van der Waals surface area contributed by atoms with Gasteiger partial charge in [0.05, 0.1) is 18.8 Å². The van der Waals surface area contributed by atoms with Gasteiger partial charge >= 0.3 is 19.8 Å². The first-order chi connectivity index (χ1) is 25.7. The van der Waals surface area contributed by atoms with Crippen molar-refractivity contribution in [2.75, 3.05) is 13.2 Å². The van der Waals surface area contributed by atoms with Gasteiger partial charge in [-0.1, -0.05) is 180 Å². The lowest BCUT2D eigenvalue weighted by molar-refractivity contribution is -0.161. The second kappa shape index (κ2) is 35.2. The first kappa shape index (κ1) is 49.8. The summed E-state index contributed by atoms with van der Waals surface area (Å²) in [5, 5.41) is 0. The molecule has 0 saturated carbocycles. The molecule has 1 heterocycles. The van der Waals surface area contributed by atoms with Crippen LogP contribution in [0.25, 0.3) is 0 Å². The Kier molecular flexibility index (Phi) is 33.0. The van der Waals surface area contributed by atoms with Crippen molar-refractivity contribution in [1.82, 2.24) is 0 Å². The largest absolute Gasteiger partial charge is 0.469 e. The molecule has 9 nitrogen and oxygen atoms in total. The predicted octanol–water partition coefficient (Wildman–Crippen LogP) is 12.4. The van der Waals surface area contributed by atoms with E-state index in [9.17, 15) is 14.2 Å². The van der Waals surface area contributed by atoms with Crippen LogP contribution in [0.4, 0.5) is 0 Å². The summed E-state index contributed by atoms with van der Waals surface area (Å²) in [6, 6.07) is 0. The quantitative estimate of drug-likeness (QED) is 0.0205. The number of hydrogen-bond acceptors (Lipinski definition) is 7. The third-order valence-corrected chi connectivity index (χ3v) is 10.7. The number of carbonyl (C=O) groups is 2. The lowest BCUT2D eigenvalue weighted by Crippen LogP contribution is -2.29. The smallest absolute Gasteiger partial charge is 0.462 e. The van der Waals surface area contributed by atoms with Crippen molar-refractivity contribution in [2.45, 2.75) is 238 Å². The highest BCUT2D eigenvalue weighted by molar-refractivity contribution is 7.46. The van der Waals surface area contributed by atoms with Crippen LogP contribution in [0.5, 0.6) is 0 Å². The van der Waals surface area contributed by atoms with Gasteiger partial charge in [0, 0.05) is 12.8 Å². The van der Waals surface area contributed by atoms with Crippen LogP contribution in [-0.4, -0.2) is 53.3 Å². The summed E-state index contributed by atoms with van der Waals surface area (Å²) in [5.41, 5.74) is 0. The maximum Gasteiger partial charge on any atom is 0.469 e. The topological polar surface area (TPSA) is 132 Å². The Bertz CT molecular complexity index is 937. The minimum Gasteiger partial charge on any atom is -0.462 e. The molecule has 1 saturated heterocycles. The molecule has 0 aromatic rings. The van der Waals surface area contributed by atoms with Crippen LogP contribution in [0.1, 0.15) is 219 Å². The predicted molar refractivity (Wildman–Crippen MR) is 216 cm³/mol. The highest BCUT2D eigenvalue weighted by Gasteiger charge is 2.36. The molecule has 0 aliphatic carbocycles. The zero-order valence-electron chi connectivity index (χ0n) is 34.1. The highest BCUT2D eigenvalue weighted by atomic mass is 31.2. The van der Waals surface area contributed by atoms with Gasteiger partial charge in [0.15, 0.2) is 6.10 Å². The first-order valence-electron chi connectivity index (χ1n) is 22.1. The summed E-state index contributed by atoms with van der Waals surface area (Å²) in [7, 11) is -4.76. The van der Waals surface area contributed by atoms with E-state index in [0.29, 0.717) is 25.0 Å². The second-order valence-corrected chi connectivity index (χ2v) is 16.7. The Labute approximate surface area is 324 Å². The van der Waals surface area contributed by atoms with Crippen molar-refractivity contribution >= 4 is 19.8 Å². The van der Waals surface area contributed by atoms with Gasteiger partial charge in [-0.05, 0) is 38.5 Å². The standard InChI is InChI=1S/C43H81O9P/c1-3-5-7-9-11-12-13-14-15-16-17-18-19-20-21-22-23-27-32-36-43(45)51-39(38-50-53(46,47)48)37-49-42(44)35-31-28-24-26-30-34-41-40(52-41)33-29-25-10-8-6-4-2/h25,29,39-41H,3-24,26-28,30-38H2,1-2H3,(H2,46,47,48)/b29-25-/t39-,40?,41?/m1/s1. The highest BCUT2D eigenvalue weighted by Crippen LogP contribution is 2.36. The van der Waals surface area contributed by atoms with Crippen molar-refractivity contribution < 1.29 is 42.7 Å². The summed E-state index contributed by atoms with van der Waals surface area (Å²) in [6.45, 7) is 3.66. The second-order valence-electron chi connectivity index (χ2n) is 15.4. The molecule has 3 atom stereocenters. The van der Waals surface area contributed by atoms with E-state index in [-0.39, 0.29) is 19.4 Å². The number of rotatable bonds is 40. The SMILES string of the molecule is CCCCC/C=C\CC1OC1CCCCCCCC(=O)OC[C@H](COP(=O)(O)O)OC(=O)CCCCCCCCCCCCCCCCCCCCC. The number of phosphoric acid groups is 1. The molecule has 0 spiro atoms. The number of hydrogen-bond donors (Lipinski definition) is 2. The molecular weight excluding hydrogens is 691 g/mol. The zero-order valence-corrected chi connectivity index (χ0v) is 35.0. The third kappa shape index (κ3) is 34.9. The van der Waals surface area contributed by atoms with E-state index in [4.69, 9.17) is 24.0 Å². The number of phosphoric ester groups is 1. The van der Waals surface area contributed by atoms with Crippen molar-refractivity contribution in [3.63, 3.8) is 0 Å². The van der Waals surface area contributed by atoms with Crippen LogP contribution in [0, 0.1) is 0 Å². The van der Waals surface area contributed by atoms with E-state index in [2.05, 4.69) is 30.5 Å². The molecule has 0 bridgehead atoms. The summed E-state index contributed by atoms with van der Waals surface area (Å²) in [6.07, 6.45) is 41.0. The maximum atomic E-state index is 12.4. The summed E-state index contributed by atoms with van der Waals surface area (Å²) < 4.78 is 32.2. The molecule has 0 aromatic carbocycles. The van der Waals surface area contributed by atoms with E-state index in [1.54, 1.807) is 0 Å². The summed E-state index contributed by atoms with van der Waals surface area (Å²) in [5.74, 6) is -0.896. The van der Waals surface area contributed by atoms with Crippen LogP contribution >= 0.6 is 7.82 Å². The number of epoxide rings is 1. The fraction of sp³-hybridized carbons (Fsp3) is 0.907. The average molecular weight is 773 g/mol. The van der Waals surface area contributed by atoms with E-state index in [1.807, 2.05) is 0 Å². The van der Waals surface area contributed by atoms with Gasteiger partial charge in [-0.15, -0.1) is 0 Å². The molecule has 312 valence electrons. The lowest BCUT2D eigenvalue weighted by atomic mass is 10.0. The monoisotopic (exact) mass is 773 g/mol. The molecule has 1 rings (SSSR count). The molecule has 1 aliphatic rings. The van der Waals surface area contributed by atoms with E-state index >= 15 is 0 Å².